The number of anilines is 1. The summed E-state index contributed by atoms with van der Waals surface area (Å²) in [6.07, 6.45) is 8.78. The molecule has 0 bridgehead atoms. The van der Waals surface area contributed by atoms with Gasteiger partial charge in [0.25, 0.3) is 11.8 Å². The number of ether oxygens (including phenoxy) is 2. The van der Waals surface area contributed by atoms with E-state index >= 15 is 0 Å². The van der Waals surface area contributed by atoms with Gasteiger partial charge < -0.3 is 24.9 Å². The van der Waals surface area contributed by atoms with E-state index < -0.39 is 46.4 Å². The Balaban J connectivity index is 0.980. The molecule has 4 heterocycles. The zero-order valence-corrected chi connectivity index (χ0v) is 40.0. The molecule has 17 heteroatoms. The van der Waals surface area contributed by atoms with E-state index in [0.29, 0.717) is 17.4 Å². The van der Waals surface area contributed by atoms with E-state index in [9.17, 15) is 19.2 Å². The second-order valence-electron chi connectivity index (χ2n) is 16.4. The van der Waals surface area contributed by atoms with E-state index in [1.807, 2.05) is 87.5 Å². The number of hydrogen-bond acceptors (Lipinski definition) is 13. The highest BCUT2D eigenvalue weighted by Gasteiger charge is 2.53. The second-order valence-corrected chi connectivity index (χ2v) is 19.4. The first-order valence-corrected chi connectivity index (χ1v) is 24.6. The third kappa shape index (κ3) is 11.1. The lowest BCUT2D eigenvalue weighted by Crippen LogP contribution is -2.70. The zero-order valence-electron chi connectivity index (χ0n) is 37.5. The summed E-state index contributed by atoms with van der Waals surface area (Å²) in [6, 6.07) is 33.0. The minimum atomic E-state index is -0.934. The highest BCUT2D eigenvalue weighted by atomic mass is 32.2. The Bertz CT molecular complexity index is 2420. The summed E-state index contributed by atoms with van der Waals surface area (Å²) in [6.45, 7) is 8.16. The summed E-state index contributed by atoms with van der Waals surface area (Å²) >= 11 is 4.02. The smallest absolute Gasteiger partial charge is 0.450 e. The molecule has 3 amide bonds. The number of β-lactam (4-membered cyclic amide) rings is 1. The number of rotatable bonds is 19. The van der Waals surface area contributed by atoms with Crippen LogP contribution in [0.1, 0.15) is 75.8 Å². The molecule has 1 unspecified atom stereocenters. The fourth-order valence-corrected chi connectivity index (χ4v) is 10.2. The summed E-state index contributed by atoms with van der Waals surface area (Å²) in [5.74, 6) is -1.35. The van der Waals surface area contributed by atoms with Gasteiger partial charge in [-0.05, 0) is 50.0 Å². The number of thiazole rings is 1. The van der Waals surface area contributed by atoms with E-state index in [-0.39, 0.29) is 23.0 Å². The number of amides is 3. The normalized spacial score (nSPS) is 16.0. The van der Waals surface area contributed by atoms with Crippen molar-refractivity contribution >= 4 is 69.6 Å². The lowest BCUT2D eigenvalue weighted by atomic mass is 9.77. The molecule has 2 N–H and O–H groups in total. The molecular formula is C49H54N7O7S3+. The topological polar surface area (TPSA) is 156 Å². The van der Waals surface area contributed by atoms with Gasteiger partial charge in [-0.25, -0.2) is 14.6 Å². The minimum absolute atomic E-state index is 0.0164. The van der Waals surface area contributed by atoms with Crippen LogP contribution in [0, 0.1) is 0 Å². The van der Waals surface area contributed by atoms with Crippen molar-refractivity contribution in [2.45, 2.75) is 80.8 Å². The SMILES string of the molecule is CCCCCCN(C(=O)OC(C)(C)C)[n+]1ccc(SCOC(=O)C2=CCS[C@H]3C(NC(=O)/C(=N\OC)c4csc(NC(c5ccccc5)(c5ccccc5)c5ccccc5)n4)C(=O)N23)cc1. The van der Waals surface area contributed by atoms with Crippen LogP contribution >= 0.6 is 34.9 Å². The number of pyridine rings is 1. The van der Waals surface area contributed by atoms with Crippen molar-refractivity contribution in [3.05, 3.63) is 155 Å². The van der Waals surface area contributed by atoms with E-state index in [4.69, 9.17) is 19.3 Å². The van der Waals surface area contributed by atoms with Crippen molar-refractivity contribution in [1.29, 1.82) is 0 Å². The molecule has 2 atom stereocenters. The molecule has 0 spiro atoms. The third-order valence-corrected chi connectivity index (χ3v) is 13.5. The summed E-state index contributed by atoms with van der Waals surface area (Å²) < 4.78 is 13.0. The van der Waals surface area contributed by atoms with Gasteiger partial charge in [0.05, 0.1) is 6.54 Å². The molecule has 2 aliphatic rings. The van der Waals surface area contributed by atoms with Gasteiger partial charge in [-0.2, -0.15) is 0 Å². The van der Waals surface area contributed by atoms with Gasteiger partial charge in [0.15, 0.2) is 10.8 Å². The Morgan fingerprint density at radius 3 is 2.11 bits per heavy atom. The Labute approximate surface area is 397 Å². The number of aromatic nitrogens is 2. The molecule has 14 nitrogen and oxygen atoms in total. The highest BCUT2D eigenvalue weighted by molar-refractivity contribution is 8.00. The maximum absolute atomic E-state index is 13.9. The first kappa shape index (κ1) is 47.8. The Morgan fingerprint density at radius 1 is 0.909 bits per heavy atom. The van der Waals surface area contributed by atoms with Crippen LogP contribution in [0.3, 0.4) is 0 Å². The largest absolute Gasteiger partial charge is 0.464 e. The number of benzene rings is 3. The Morgan fingerprint density at radius 2 is 1.53 bits per heavy atom. The molecule has 3 aromatic carbocycles. The number of carbonyl (C=O) groups excluding carboxylic acids is 4. The molecule has 5 aromatic rings. The minimum Gasteiger partial charge on any atom is -0.450 e. The quantitative estimate of drug-likeness (QED) is 0.00947. The van der Waals surface area contributed by atoms with Crippen LogP contribution in [0.4, 0.5) is 9.93 Å². The van der Waals surface area contributed by atoms with Gasteiger partial charge in [-0.1, -0.05) is 144 Å². The third-order valence-electron chi connectivity index (χ3n) is 10.7. The Hall–Kier alpha value is -6.17. The van der Waals surface area contributed by atoms with Crippen LogP contribution in [0.15, 0.2) is 143 Å². The molecule has 2 aromatic heterocycles. The first-order valence-electron chi connectivity index (χ1n) is 21.7. The lowest BCUT2D eigenvalue weighted by molar-refractivity contribution is -0.684. The number of fused-ring (bicyclic) bond motifs is 1. The number of nitrogens with zero attached hydrogens (tertiary/aromatic N) is 5. The second kappa shape index (κ2) is 21.9. The number of hydrogen-bond donors (Lipinski definition) is 2. The van der Waals surface area contributed by atoms with Gasteiger partial charge in [-0.3, -0.25) is 14.5 Å². The molecule has 1 saturated heterocycles. The fraction of sp³-hybridized carbons (Fsp3) is 0.327. The molecule has 0 saturated carbocycles. The van der Waals surface area contributed by atoms with E-state index in [1.54, 1.807) is 33.5 Å². The molecule has 66 heavy (non-hydrogen) atoms. The van der Waals surface area contributed by atoms with Crippen LogP contribution in [-0.2, 0) is 34.2 Å². The van der Waals surface area contributed by atoms with E-state index in [2.05, 4.69) is 59.1 Å². The zero-order chi connectivity index (χ0) is 46.7. The maximum atomic E-state index is 13.9. The summed E-state index contributed by atoms with van der Waals surface area (Å²) in [7, 11) is 1.34. The van der Waals surface area contributed by atoms with Crippen LogP contribution in [0.25, 0.3) is 0 Å². The molecule has 1 fully saturated rings. The van der Waals surface area contributed by atoms with Crippen molar-refractivity contribution < 1.29 is 38.2 Å². The molecule has 7 rings (SSSR count). The van der Waals surface area contributed by atoms with Gasteiger partial charge in [-0.15, -0.1) is 23.1 Å². The average Bonchev–Trinajstić information content (AvgIpc) is 3.79. The van der Waals surface area contributed by atoms with Crippen LogP contribution in [-0.4, -0.2) is 81.8 Å². The fourth-order valence-electron chi connectivity index (χ4n) is 7.61. The van der Waals surface area contributed by atoms with Crippen molar-refractivity contribution in [2.24, 2.45) is 5.16 Å². The van der Waals surface area contributed by atoms with Crippen molar-refractivity contribution in [3.8, 4) is 0 Å². The molecule has 0 radical (unpaired) electrons. The molecular weight excluding hydrogens is 895 g/mol. The summed E-state index contributed by atoms with van der Waals surface area (Å²) in [4.78, 5) is 66.2. The Kier molecular flexibility index (Phi) is 15.8. The van der Waals surface area contributed by atoms with Gasteiger partial charge in [0.1, 0.15) is 47.0 Å². The predicted molar refractivity (Wildman–Crippen MR) is 259 cm³/mol. The van der Waals surface area contributed by atoms with Crippen molar-refractivity contribution in [3.63, 3.8) is 0 Å². The molecule has 0 aliphatic carbocycles. The summed E-state index contributed by atoms with van der Waals surface area (Å²) in [5.41, 5.74) is 1.73. The number of unbranched alkanes of at least 4 members (excludes halogenated alkanes) is 3. The predicted octanol–water partition coefficient (Wildman–Crippen LogP) is 8.22. The molecule has 344 valence electrons. The monoisotopic (exact) mass is 948 g/mol. The van der Waals surface area contributed by atoms with Crippen molar-refractivity contribution in [1.82, 2.24) is 15.2 Å². The lowest BCUT2D eigenvalue weighted by Gasteiger charge is -2.48. The van der Waals surface area contributed by atoms with Gasteiger partial charge in [0.2, 0.25) is 12.4 Å². The number of oxime groups is 1. The van der Waals surface area contributed by atoms with Crippen molar-refractivity contribution in [2.75, 3.05) is 35.7 Å². The number of nitrogens with one attached hydrogen (secondary N) is 2. The van der Waals surface area contributed by atoms with Crippen LogP contribution in [0.2, 0.25) is 0 Å². The van der Waals surface area contributed by atoms with Gasteiger partial charge in [0, 0.05) is 28.2 Å². The van der Waals surface area contributed by atoms with E-state index in [0.717, 1.165) is 47.3 Å². The summed E-state index contributed by atoms with van der Waals surface area (Å²) in [5, 5.41) is 13.9. The van der Waals surface area contributed by atoms with Crippen LogP contribution < -0.4 is 20.3 Å². The maximum Gasteiger partial charge on any atom is 0.464 e. The number of carbonyl (C=O) groups is 4. The van der Waals surface area contributed by atoms with Gasteiger partial charge >= 0.3 is 12.1 Å². The average molecular weight is 949 g/mol. The molecule has 2 aliphatic heterocycles. The number of thioether (sulfide) groups is 2. The van der Waals surface area contributed by atoms with Crippen LogP contribution in [0.5, 0.6) is 0 Å². The highest BCUT2D eigenvalue weighted by Crippen LogP contribution is 2.41. The number of esters is 1. The first-order chi connectivity index (χ1) is 31.9. The standard InChI is InChI=1S/C49H53N7O7S3/c1-6-7-8-18-28-55(47(60)63-48(2,3)4)54-29-25-37(26-30-54)66-33-62-45(59)39-27-31-64-44-41(43(58)56(39)44)51-42(57)40(53-61-5)38-32-65-46(50-38)52-49(34-19-12-9-13-20-34,35-21-14-10-15-22-35)36-23-16-11-17-24-36/h9-17,19-27,29-30,32,41,44H,6-8,18,28,31,33H2,1-5H3,(H-,50,51,52,57)/p+1/b53-40-/t41?,44-/m0/s1. The van der Waals surface area contributed by atoms with E-state index in [1.165, 1.54) is 46.9 Å².